The van der Waals surface area contributed by atoms with Crippen LogP contribution in [0.5, 0.6) is 0 Å². The van der Waals surface area contributed by atoms with E-state index in [0.29, 0.717) is 18.5 Å². The van der Waals surface area contributed by atoms with Gasteiger partial charge in [-0.2, -0.15) is 0 Å². The van der Waals surface area contributed by atoms with Crippen LogP contribution in [0.3, 0.4) is 0 Å². The van der Waals surface area contributed by atoms with Crippen molar-refractivity contribution in [2.45, 2.75) is 50.7 Å². The van der Waals surface area contributed by atoms with Gasteiger partial charge in [0.2, 0.25) is 15.8 Å². The summed E-state index contributed by atoms with van der Waals surface area (Å²) in [6, 6.07) is 5.02. The highest BCUT2D eigenvalue weighted by Gasteiger charge is 2.51. The summed E-state index contributed by atoms with van der Waals surface area (Å²) in [6.07, 6.45) is 3.60. The number of sulfonamides is 1. The van der Waals surface area contributed by atoms with Crippen LogP contribution >= 0.6 is 0 Å². The predicted molar refractivity (Wildman–Crippen MR) is 111 cm³/mol. The molecule has 1 aliphatic carbocycles. The lowest BCUT2D eigenvalue weighted by atomic mass is 9.82. The Balaban J connectivity index is 1.58. The van der Waals surface area contributed by atoms with Gasteiger partial charge in [0.1, 0.15) is 12.1 Å². The van der Waals surface area contributed by atoms with E-state index in [4.69, 9.17) is 4.74 Å². The molecule has 0 bridgehead atoms. The molecule has 1 aliphatic heterocycles. The number of hydrogen-bond acceptors (Lipinski definition) is 7. The van der Waals surface area contributed by atoms with Gasteiger partial charge in [0, 0.05) is 11.3 Å². The fourth-order valence-corrected chi connectivity index (χ4v) is 4.45. The zero-order valence-electron chi connectivity index (χ0n) is 17.3. The van der Waals surface area contributed by atoms with Crippen molar-refractivity contribution in [3.05, 3.63) is 29.8 Å². The van der Waals surface area contributed by atoms with Gasteiger partial charge in [0.25, 0.3) is 5.91 Å². The molecule has 2 aliphatic rings. The van der Waals surface area contributed by atoms with Gasteiger partial charge in [-0.25, -0.2) is 13.2 Å². The maximum Gasteiger partial charge on any atom is 0.326 e. The lowest BCUT2D eigenvalue weighted by Gasteiger charge is -2.30. The fourth-order valence-electron chi connectivity index (χ4n) is 3.88. The van der Waals surface area contributed by atoms with Crippen molar-refractivity contribution in [3.63, 3.8) is 0 Å². The Hall–Kier alpha value is -2.95. The molecular weight excluding hydrogens is 426 g/mol. The molecule has 0 aromatic heterocycles. The second-order valence-corrected chi connectivity index (χ2v) is 9.66. The number of carbonyl (C=O) groups is 4. The number of ketones is 1. The average Bonchev–Trinajstić information content (AvgIpc) is 2.91. The Morgan fingerprint density at radius 1 is 1.16 bits per heavy atom. The first kappa shape index (κ1) is 22.7. The Morgan fingerprint density at radius 3 is 2.35 bits per heavy atom. The highest BCUT2D eigenvalue weighted by atomic mass is 32.2. The van der Waals surface area contributed by atoms with E-state index >= 15 is 0 Å². The highest BCUT2D eigenvalue weighted by molar-refractivity contribution is 7.92. The number of esters is 1. The number of rotatable bonds is 7. The molecule has 0 radical (unpaired) electrons. The normalized spacial score (nSPS) is 19.1. The molecule has 1 aromatic rings. The van der Waals surface area contributed by atoms with Crippen molar-refractivity contribution in [3.8, 4) is 0 Å². The molecule has 2 N–H and O–H groups in total. The van der Waals surface area contributed by atoms with Gasteiger partial charge in [-0.15, -0.1) is 0 Å². The van der Waals surface area contributed by atoms with Crippen molar-refractivity contribution in [2.24, 2.45) is 0 Å². The number of ether oxygens (including phenoxy) is 1. The molecule has 31 heavy (non-hydrogen) atoms. The summed E-state index contributed by atoms with van der Waals surface area (Å²) in [4.78, 5) is 50.6. The average molecular weight is 452 g/mol. The Labute approximate surface area is 180 Å². The SMILES string of the molecule is CC(OC(=O)CN1C(=O)NC2(CCCCC2)C1=O)C(=O)c1ccc(NS(C)(=O)=O)cc1. The van der Waals surface area contributed by atoms with E-state index in [1.54, 1.807) is 0 Å². The summed E-state index contributed by atoms with van der Waals surface area (Å²) in [5, 5.41) is 2.71. The number of benzene rings is 1. The van der Waals surface area contributed by atoms with Gasteiger partial charge in [-0.1, -0.05) is 19.3 Å². The summed E-state index contributed by atoms with van der Waals surface area (Å²) in [7, 11) is -3.44. The van der Waals surface area contributed by atoms with E-state index < -0.39 is 51.9 Å². The van der Waals surface area contributed by atoms with E-state index in [9.17, 15) is 27.6 Å². The molecule has 168 valence electrons. The number of Topliss-reactive ketones (excluding diaryl/α,β-unsaturated/α-hetero) is 1. The van der Waals surface area contributed by atoms with Crippen molar-refractivity contribution in [1.29, 1.82) is 0 Å². The van der Waals surface area contributed by atoms with Crippen molar-refractivity contribution >= 4 is 39.4 Å². The van der Waals surface area contributed by atoms with Gasteiger partial charge in [0.15, 0.2) is 6.10 Å². The Bertz CT molecular complexity index is 998. The molecule has 1 spiro atoms. The van der Waals surface area contributed by atoms with Gasteiger partial charge in [0.05, 0.1) is 6.26 Å². The molecule has 3 amide bonds. The number of urea groups is 1. The standard InChI is InChI=1S/C20H25N3O7S/c1-13(17(25)14-6-8-15(9-7-14)22-31(2,28)29)30-16(24)12-23-18(26)20(21-19(23)27)10-4-3-5-11-20/h6-9,13,22H,3-5,10-12H2,1-2H3,(H,21,27). The van der Waals surface area contributed by atoms with E-state index in [-0.39, 0.29) is 5.56 Å². The monoisotopic (exact) mass is 451 g/mol. The maximum atomic E-state index is 12.7. The lowest BCUT2D eigenvalue weighted by molar-refractivity contribution is -0.150. The van der Waals surface area contributed by atoms with Gasteiger partial charge < -0.3 is 10.1 Å². The number of imide groups is 1. The molecule has 10 nitrogen and oxygen atoms in total. The zero-order chi connectivity index (χ0) is 22.8. The quantitative estimate of drug-likeness (QED) is 0.363. The Kier molecular flexibility index (Phi) is 6.35. The molecule has 1 unspecified atom stereocenters. The van der Waals surface area contributed by atoms with E-state index in [0.717, 1.165) is 30.4 Å². The first-order valence-corrected chi connectivity index (χ1v) is 11.9. The first-order valence-electron chi connectivity index (χ1n) is 9.96. The smallest absolute Gasteiger partial charge is 0.326 e. The number of anilines is 1. The minimum Gasteiger partial charge on any atom is -0.453 e. The van der Waals surface area contributed by atoms with E-state index in [2.05, 4.69) is 10.0 Å². The van der Waals surface area contributed by atoms with Crippen LogP contribution in [0.4, 0.5) is 10.5 Å². The van der Waals surface area contributed by atoms with Gasteiger partial charge in [-0.05, 0) is 44.0 Å². The molecule has 11 heteroatoms. The van der Waals surface area contributed by atoms with Crippen LogP contribution in [-0.2, 0) is 24.3 Å². The molecule has 1 heterocycles. The molecule has 1 aromatic carbocycles. The number of hydrogen-bond donors (Lipinski definition) is 2. The van der Waals surface area contributed by atoms with Gasteiger partial charge in [-0.3, -0.25) is 24.0 Å². The van der Waals surface area contributed by atoms with Crippen molar-refractivity contribution < 1.29 is 32.3 Å². The molecule has 1 saturated carbocycles. The van der Waals surface area contributed by atoms with Crippen LogP contribution in [-0.4, -0.2) is 61.5 Å². The lowest BCUT2D eigenvalue weighted by Crippen LogP contribution is -2.48. The summed E-state index contributed by atoms with van der Waals surface area (Å²) in [6.45, 7) is 0.818. The topological polar surface area (TPSA) is 139 Å². The number of nitrogens with zero attached hydrogens (tertiary/aromatic N) is 1. The third kappa shape index (κ3) is 5.22. The summed E-state index contributed by atoms with van der Waals surface area (Å²) < 4.78 is 29.9. The van der Waals surface area contributed by atoms with Crippen LogP contribution in [0.1, 0.15) is 49.4 Å². The molecule has 3 rings (SSSR count). The Morgan fingerprint density at radius 2 is 1.77 bits per heavy atom. The van der Waals surface area contributed by atoms with Crippen LogP contribution in [0.2, 0.25) is 0 Å². The zero-order valence-corrected chi connectivity index (χ0v) is 18.2. The van der Waals surface area contributed by atoms with Gasteiger partial charge >= 0.3 is 12.0 Å². The summed E-state index contributed by atoms with van der Waals surface area (Å²) in [5.41, 5.74) is -0.423. The highest BCUT2D eigenvalue weighted by Crippen LogP contribution is 2.33. The van der Waals surface area contributed by atoms with Crippen molar-refractivity contribution in [2.75, 3.05) is 17.5 Å². The van der Waals surface area contributed by atoms with Crippen LogP contribution < -0.4 is 10.0 Å². The first-order chi connectivity index (χ1) is 14.5. The summed E-state index contributed by atoms with van der Waals surface area (Å²) in [5.74, 6) is -1.80. The van der Waals surface area contributed by atoms with Crippen LogP contribution in [0.25, 0.3) is 0 Å². The second-order valence-electron chi connectivity index (χ2n) is 7.91. The predicted octanol–water partition coefficient (Wildman–Crippen LogP) is 1.43. The van der Waals surface area contributed by atoms with Crippen molar-refractivity contribution in [1.82, 2.24) is 10.2 Å². The van der Waals surface area contributed by atoms with Crippen LogP contribution in [0.15, 0.2) is 24.3 Å². The second kappa shape index (κ2) is 8.66. The molecule has 2 fully saturated rings. The van der Waals surface area contributed by atoms with E-state index in [1.165, 1.54) is 31.2 Å². The maximum absolute atomic E-state index is 12.7. The third-order valence-corrected chi connectivity index (χ3v) is 6.00. The molecule has 1 saturated heterocycles. The fraction of sp³-hybridized carbons (Fsp3) is 0.500. The number of carbonyl (C=O) groups excluding carboxylic acids is 4. The third-order valence-electron chi connectivity index (χ3n) is 5.39. The van der Waals surface area contributed by atoms with Crippen LogP contribution in [0, 0.1) is 0 Å². The van der Waals surface area contributed by atoms with E-state index in [1.807, 2.05) is 0 Å². The molecular formula is C20H25N3O7S. The minimum atomic E-state index is -3.44. The minimum absolute atomic E-state index is 0.218. The summed E-state index contributed by atoms with van der Waals surface area (Å²) >= 11 is 0. The number of nitrogens with one attached hydrogen (secondary N) is 2. The number of amides is 3. The largest absolute Gasteiger partial charge is 0.453 e. The molecule has 1 atom stereocenters.